The summed E-state index contributed by atoms with van der Waals surface area (Å²) >= 11 is 0. The van der Waals surface area contributed by atoms with E-state index >= 15 is 0 Å². The third-order valence-electron chi connectivity index (χ3n) is 6.63. The molecule has 1 aliphatic heterocycles. The van der Waals surface area contributed by atoms with Gasteiger partial charge in [-0.25, -0.2) is 18.4 Å². The summed E-state index contributed by atoms with van der Waals surface area (Å²) in [7, 11) is -0.312. The zero-order chi connectivity index (χ0) is 26.6. The molecule has 0 unspecified atom stereocenters. The molecule has 3 aromatic rings. The first-order chi connectivity index (χ1) is 17.7. The van der Waals surface area contributed by atoms with E-state index in [9.17, 15) is 13.5 Å². The number of benzene rings is 2. The lowest BCUT2D eigenvalue weighted by Gasteiger charge is -2.37. The molecular weight excluding hydrogens is 492 g/mol. The van der Waals surface area contributed by atoms with Crippen LogP contribution in [-0.4, -0.2) is 78.7 Å². The lowest BCUT2D eigenvalue weighted by atomic mass is 10.0. The van der Waals surface area contributed by atoms with E-state index in [-0.39, 0.29) is 30.1 Å². The van der Waals surface area contributed by atoms with Gasteiger partial charge in [0.25, 0.3) is 0 Å². The first-order valence-electron chi connectivity index (χ1n) is 12.2. The molecule has 0 bridgehead atoms. The molecule has 2 aromatic carbocycles. The number of methoxy groups -OCH3 is 1. The second kappa shape index (κ2) is 11.6. The zero-order valence-electron chi connectivity index (χ0n) is 21.6. The van der Waals surface area contributed by atoms with Gasteiger partial charge in [0.05, 0.1) is 13.7 Å². The predicted molar refractivity (Wildman–Crippen MR) is 141 cm³/mol. The maximum Gasteiger partial charge on any atom is 0.247 e. The number of ether oxygens (including phenoxy) is 2. The van der Waals surface area contributed by atoms with Gasteiger partial charge in [-0.3, -0.25) is 4.90 Å². The van der Waals surface area contributed by atoms with Gasteiger partial charge in [-0.2, -0.15) is 4.31 Å². The van der Waals surface area contributed by atoms with Crippen molar-refractivity contribution in [2.24, 2.45) is 5.92 Å². The molecule has 0 amide bonds. The minimum Gasteiger partial charge on any atom is -0.497 e. The Morgan fingerprint density at radius 2 is 1.92 bits per heavy atom. The van der Waals surface area contributed by atoms with Crippen molar-refractivity contribution in [3.8, 4) is 22.6 Å². The molecule has 10 heteroatoms. The predicted octanol–water partition coefficient (Wildman–Crippen LogP) is 3.05. The van der Waals surface area contributed by atoms with Crippen molar-refractivity contribution < 1.29 is 23.0 Å². The lowest BCUT2D eigenvalue weighted by molar-refractivity contribution is 0.0733. The van der Waals surface area contributed by atoms with E-state index in [1.807, 2.05) is 38.2 Å². The minimum absolute atomic E-state index is 0.0930. The Balaban J connectivity index is 1.73. The fourth-order valence-electron chi connectivity index (χ4n) is 4.52. The van der Waals surface area contributed by atoms with E-state index < -0.39 is 16.1 Å². The van der Waals surface area contributed by atoms with Crippen molar-refractivity contribution in [3.05, 3.63) is 66.7 Å². The van der Waals surface area contributed by atoms with E-state index in [0.29, 0.717) is 24.6 Å². The number of hydrogen-bond donors (Lipinski definition) is 1. The van der Waals surface area contributed by atoms with Gasteiger partial charge in [0, 0.05) is 49.6 Å². The molecule has 9 nitrogen and oxygen atoms in total. The third-order valence-corrected chi connectivity index (χ3v) is 8.65. The van der Waals surface area contributed by atoms with Gasteiger partial charge in [-0.05, 0) is 49.4 Å². The number of nitrogens with zero attached hydrogens (tertiary/aromatic N) is 4. The Morgan fingerprint density at radius 3 is 2.62 bits per heavy atom. The van der Waals surface area contributed by atoms with E-state index in [2.05, 4.69) is 14.9 Å². The third kappa shape index (κ3) is 6.10. The van der Waals surface area contributed by atoms with Gasteiger partial charge < -0.3 is 14.6 Å². The molecule has 0 spiro atoms. The number of fused-ring (bicyclic) bond motifs is 1. The molecule has 1 aromatic heterocycles. The van der Waals surface area contributed by atoms with E-state index in [1.165, 1.54) is 10.6 Å². The molecule has 0 aliphatic carbocycles. The van der Waals surface area contributed by atoms with E-state index in [4.69, 9.17) is 9.47 Å². The van der Waals surface area contributed by atoms with Gasteiger partial charge in [0.1, 0.15) is 28.8 Å². The monoisotopic (exact) mass is 526 g/mol. The van der Waals surface area contributed by atoms with E-state index in [0.717, 1.165) is 16.7 Å². The van der Waals surface area contributed by atoms with Gasteiger partial charge in [0.15, 0.2) is 0 Å². The van der Waals surface area contributed by atoms with E-state index in [1.54, 1.807) is 44.6 Å². The summed E-state index contributed by atoms with van der Waals surface area (Å²) < 4.78 is 40.7. The average molecular weight is 527 g/mol. The molecule has 198 valence electrons. The van der Waals surface area contributed by atoms with Crippen LogP contribution in [0.4, 0.5) is 0 Å². The highest BCUT2D eigenvalue weighted by atomic mass is 32.2. The smallest absolute Gasteiger partial charge is 0.247 e. The Labute approximate surface area is 218 Å². The number of sulfonamides is 1. The summed E-state index contributed by atoms with van der Waals surface area (Å²) in [6.45, 7) is 4.83. The second-order valence-corrected chi connectivity index (χ2v) is 11.4. The van der Waals surface area contributed by atoms with Crippen LogP contribution < -0.4 is 9.47 Å². The summed E-state index contributed by atoms with van der Waals surface area (Å²) in [5.74, 6) is 0.856. The standard InChI is InChI=1S/C27H34N4O5S/c1-19-14-31(20(2)17-32)37(33,34)27-9-8-23(22-6-5-7-24(10-22)35-4)11-25(27)36-26(19)16-30(3)15-21-12-28-18-29-13-21/h5-13,18-20,26,32H,14-17H2,1-4H3/t19-,20-,26-/m1/s1. The highest BCUT2D eigenvalue weighted by molar-refractivity contribution is 7.89. The molecule has 3 atom stereocenters. The largest absolute Gasteiger partial charge is 0.497 e. The van der Waals surface area contributed by atoms with Crippen LogP contribution in [-0.2, 0) is 16.6 Å². The SMILES string of the molecule is COc1cccc(-c2ccc3c(c2)O[C@H](CN(C)Cc2cncnc2)[C@H](C)CN([C@H](C)CO)S3(=O)=O)c1. The van der Waals surface area contributed by atoms with Gasteiger partial charge in [0.2, 0.25) is 10.0 Å². The Bertz CT molecular complexity index is 1310. The first-order valence-corrected chi connectivity index (χ1v) is 13.7. The van der Waals surface area contributed by atoms with Crippen LogP contribution in [0.15, 0.2) is 66.1 Å². The van der Waals surface area contributed by atoms with Crippen molar-refractivity contribution in [1.82, 2.24) is 19.2 Å². The van der Waals surface area contributed by atoms with Crippen LogP contribution in [0.1, 0.15) is 19.4 Å². The molecule has 4 rings (SSSR count). The van der Waals surface area contributed by atoms with Crippen LogP contribution in [0.2, 0.25) is 0 Å². The minimum atomic E-state index is -3.91. The fourth-order valence-corrected chi connectivity index (χ4v) is 6.35. The molecule has 1 N–H and O–H groups in total. The van der Waals surface area contributed by atoms with Crippen LogP contribution in [0.25, 0.3) is 11.1 Å². The quantitative estimate of drug-likeness (QED) is 0.478. The van der Waals surface area contributed by atoms with Crippen molar-refractivity contribution >= 4 is 10.0 Å². The Morgan fingerprint density at radius 1 is 1.19 bits per heavy atom. The number of aliphatic hydroxyl groups excluding tert-OH is 1. The van der Waals surface area contributed by atoms with Crippen LogP contribution >= 0.6 is 0 Å². The molecule has 0 saturated heterocycles. The highest BCUT2D eigenvalue weighted by Crippen LogP contribution is 2.37. The zero-order valence-corrected chi connectivity index (χ0v) is 22.4. The number of rotatable bonds is 8. The molecule has 2 heterocycles. The topological polar surface area (TPSA) is 105 Å². The summed E-state index contributed by atoms with van der Waals surface area (Å²) in [5, 5.41) is 9.86. The highest BCUT2D eigenvalue weighted by Gasteiger charge is 2.38. The van der Waals surface area contributed by atoms with Crippen molar-refractivity contribution in [3.63, 3.8) is 0 Å². The Kier molecular flexibility index (Phi) is 8.43. The summed E-state index contributed by atoms with van der Waals surface area (Å²) in [6.07, 6.45) is 4.74. The first kappa shape index (κ1) is 27.0. The van der Waals surface area contributed by atoms with Crippen molar-refractivity contribution in [2.45, 2.75) is 37.4 Å². The maximum absolute atomic E-state index is 13.7. The summed E-state index contributed by atoms with van der Waals surface area (Å²) in [4.78, 5) is 10.4. The fraction of sp³-hybridized carbons (Fsp3) is 0.407. The van der Waals surface area contributed by atoms with Crippen LogP contribution in [0.5, 0.6) is 11.5 Å². The number of aromatic nitrogens is 2. The maximum atomic E-state index is 13.7. The van der Waals surface area contributed by atoms with Crippen LogP contribution in [0, 0.1) is 5.92 Å². The average Bonchev–Trinajstić information content (AvgIpc) is 2.90. The molecule has 37 heavy (non-hydrogen) atoms. The van der Waals surface area contributed by atoms with Crippen LogP contribution in [0.3, 0.4) is 0 Å². The second-order valence-electron chi connectivity index (χ2n) is 9.58. The number of aliphatic hydroxyl groups is 1. The van der Waals surface area contributed by atoms with Crippen molar-refractivity contribution in [1.29, 1.82) is 0 Å². The normalized spacial score (nSPS) is 20.4. The molecule has 0 fully saturated rings. The van der Waals surface area contributed by atoms with Crippen molar-refractivity contribution in [2.75, 3.05) is 33.9 Å². The number of likely N-dealkylation sites (N-methyl/N-ethyl adjacent to an activating group) is 1. The van der Waals surface area contributed by atoms with Gasteiger partial charge in [-0.15, -0.1) is 0 Å². The lowest BCUT2D eigenvalue weighted by Crippen LogP contribution is -2.49. The Hall–Kier alpha value is -3.05. The summed E-state index contributed by atoms with van der Waals surface area (Å²) in [5.41, 5.74) is 2.68. The van der Waals surface area contributed by atoms with Gasteiger partial charge >= 0.3 is 0 Å². The molecule has 0 saturated carbocycles. The molecular formula is C27H34N4O5S. The van der Waals surface area contributed by atoms with Gasteiger partial charge in [-0.1, -0.05) is 25.1 Å². The summed E-state index contributed by atoms with van der Waals surface area (Å²) in [6, 6.07) is 12.2. The molecule has 0 radical (unpaired) electrons. The molecule has 1 aliphatic rings. The number of hydrogen-bond acceptors (Lipinski definition) is 8.